The van der Waals surface area contributed by atoms with Gasteiger partial charge in [0.1, 0.15) is 0 Å². The lowest BCUT2D eigenvalue weighted by Gasteiger charge is -2.20. The molecule has 5 rings (SSSR count). The number of hydrogen-bond acceptors (Lipinski definition) is 3. The van der Waals surface area contributed by atoms with Gasteiger partial charge in [0.25, 0.3) is 0 Å². The van der Waals surface area contributed by atoms with Crippen LogP contribution in [-0.2, 0) is 9.59 Å². The highest BCUT2D eigenvalue weighted by Crippen LogP contribution is 2.56. The van der Waals surface area contributed by atoms with Crippen LogP contribution in [0.2, 0.25) is 5.02 Å². The van der Waals surface area contributed by atoms with Crippen LogP contribution in [-0.4, -0.2) is 17.6 Å². The number of amides is 2. The first-order valence-corrected chi connectivity index (χ1v) is 9.71. The smallest absolute Gasteiger partial charge is 0.237 e. The van der Waals surface area contributed by atoms with E-state index in [9.17, 15) is 14.4 Å². The molecule has 2 aromatic carbocycles. The van der Waals surface area contributed by atoms with Crippen LogP contribution in [0.4, 0.5) is 5.69 Å². The fraction of sp³-hybridized carbons (Fsp3) is 0.318. The van der Waals surface area contributed by atoms with Crippen molar-refractivity contribution in [1.82, 2.24) is 0 Å². The summed E-state index contributed by atoms with van der Waals surface area (Å²) in [5.41, 5.74) is 1.15. The standard InChI is InChI=1S/C22H18ClNO3/c23-15-8-9-17(16(11-15)20(25)12-4-2-1-3-5-12)24-21(26)18-13-6-7-14(10-13)19(18)22(24)27/h1-5,8-9,11,13-14,18-19H,6-7,10H2/t13-,14+,18-,19+. The number of hydrogen-bond donors (Lipinski definition) is 0. The third-order valence-electron chi connectivity index (χ3n) is 6.41. The molecule has 2 amide bonds. The molecule has 136 valence electrons. The lowest BCUT2D eigenvalue weighted by molar-refractivity contribution is -0.123. The van der Waals surface area contributed by atoms with Crippen LogP contribution >= 0.6 is 11.6 Å². The Hall–Kier alpha value is -2.46. The number of halogens is 1. The van der Waals surface area contributed by atoms with Crippen molar-refractivity contribution in [3.63, 3.8) is 0 Å². The van der Waals surface area contributed by atoms with Crippen molar-refractivity contribution < 1.29 is 14.4 Å². The number of carbonyl (C=O) groups excluding carboxylic acids is 3. The van der Waals surface area contributed by atoms with Crippen LogP contribution in [0.5, 0.6) is 0 Å². The second-order valence-corrected chi connectivity index (χ2v) is 8.19. The van der Waals surface area contributed by atoms with E-state index in [2.05, 4.69) is 0 Å². The van der Waals surface area contributed by atoms with E-state index in [0.29, 0.717) is 33.7 Å². The van der Waals surface area contributed by atoms with Crippen molar-refractivity contribution in [3.8, 4) is 0 Å². The van der Waals surface area contributed by atoms with Gasteiger partial charge in [-0.2, -0.15) is 0 Å². The van der Waals surface area contributed by atoms with Crippen LogP contribution in [0.15, 0.2) is 48.5 Å². The Labute approximate surface area is 162 Å². The molecule has 2 aromatic rings. The van der Waals surface area contributed by atoms with E-state index >= 15 is 0 Å². The second kappa shape index (κ2) is 6.03. The molecule has 3 aliphatic rings. The largest absolute Gasteiger partial charge is 0.289 e. The molecule has 4 nitrogen and oxygen atoms in total. The van der Waals surface area contributed by atoms with Crippen molar-refractivity contribution >= 4 is 34.9 Å². The molecule has 4 atom stereocenters. The number of ketones is 1. The minimum absolute atomic E-state index is 0.151. The van der Waals surface area contributed by atoms with Gasteiger partial charge >= 0.3 is 0 Å². The Bertz CT molecular complexity index is 943. The molecule has 0 spiro atoms. The molecule has 1 aliphatic heterocycles. The predicted octanol–water partition coefficient (Wildman–Crippen LogP) is 4.11. The number of carbonyl (C=O) groups is 3. The minimum atomic E-state index is -0.242. The summed E-state index contributed by atoms with van der Waals surface area (Å²) in [4.78, 5) is 40.6. The quantitative estimate of drug-likeness (QED) is 0.595. The highest BCUT2D eigenvalue weighted by molar-refractivity contribution is 6.32. The summed E-state index contributed by atoms with van der Waals surface area (Å²) in [7, 11) is 0. The van der Waals surface area contributed by atoms with Gasteiger partial charge in [-0.1, -0.05) is 41.9 Å². The highest BCUT2D eigenvalue weighted by Gasteiger charge is 2.61. The van der Waals surface area contributed by atoms with E-state index in [-0.39, 0.29) is 29.4 Å². The van der Waals surface area contributed by atoms with Gasteiger partial charge < -0.3 is 0 Å². The average Bonchev–Trinajstić information content (AvgIpc) is 3.36. The molecule has 0 aromatic heterocycles. The zero-order valence-corrected chi connectivity index (χ0v) is 15.4. The monoisotopic (exact) mass is 379 g/mol. The Morgan fingerprint density at radius 1 is 0.926 bits per heavy atom. The fourth-order valence-corrected chi connectivity index (χ4v) is 5.45. The predicted molar refractivity (Wildman–Crippen MR) is 102 cm³/mol. The lowest BCUT2D eigenvalue weighted by Crippen LogP contribution is -2.34. The first kappa shape index (κ1) is 16.7. The maximum atomic E-state index is 13.1. The molecule has 2 saturated carbocycles. The molecule has 0 unspecified atom stereocenters. The Kier molecular flexibility index (Phi) is 3.73. The van der Waals surface area contributed by atoms with Gasteiger partial charge in [-0.25, -0.2) is 4.90 Å². The lowest BCUT2D eigenvalue weighted by atomic mass is 9.81. The van der Waals surface area contributed by atoms with E-state index < -0.39 is 0 Å². The number of anilines is 1. The zero-order chi connectivity index (χ0) is 18.7. The van der Waals surface area contributed by atoms with Crippen molar-refractivity contribution in [2.45, 2.75) is 19.3 Å². The molecule has 5 heteroatoms. The molecule has 0 N–H and O–H groups in total. The zero-order valence-electron chi connectivity index (χ0n) is 14.6. The maximum Gasteiger partial charge on any atom is 0.237 e. The average molecular weight is 380 g/mol. The summed E-state index contributed by atoms with van der Waals surface area (Å²) in [6.07, 6.45) is 3.03. The Morgan fingerprint density at radius 2 is 1.56 bits per heavy atom. The van der Waals surface area contributed by atoms with Crippen LogP contribution in [0, 0.1) is 23.7 Å². The van der Waals surface area contributed by atoms with Crippen LogP contribution in [0.1, 0.15) is 35.2 Å². The summed E-state index contributed by atoms with van der Waals surface area (Å²) in [5, 5.41) is 0.400. The van der Waals surface area contributed by atoms with E-state index in [1.165, 1.54) is 4.90 Å². The van der Waals surface area contributed by atoms with Gasteiger partial charge in [-0.3, -0.25) is 14.4 Å². The second-order valence-electron chi connectivity index (χ2n) is 7.75. The summed E-state index contributed by atoms with van der Waals surface area (Å²) in [6, 6.07) is 13.6. The SMILES string of the molecule is O=C(c1ccccc1)c1cc(Cl)ccc1N1C(=O)[C@@H]2[C@@H]3CC[C@@H](C3)[C@@H]2C1=O. The van der Waals surface area contributed by atoms with Gasteiger partial charge in [0.2, 0.25) is 11.8 Å². The number of imide groups is 1. The number of benzene rings is 2. The normalized spacial score (nSPS) is 28.7. The Morgan fingerprint density at radius 3 is 2.19 bits per heavy atom. The van der Waals surface area contributed by atoms with Crippen LogP contribution in [0.25, 0.3) is 0 Å². The molecule has 3 fully saturated rings. The number of rotatable bonds is 3. The van der Waals surface area contributed by atoms with Crippen molar-refractivity contribution in [1.29, 1.82) is 0 Å². The summed E-state index contributed by atoms with van der Waals surface area (Å²) in [6.45, 7) is 0. The molecule has 27 heavy (non-hydrogen) atoms. The molecular formula is C22H18ClNO3. The van der Waals surface area contributed by atoms with E-state index in [1.54, 1.807) is 42.5 Å². The van der Waals surface area contributed by atoms with Gasteiger partial charge in [0, 0.05) is 16.1 Å². The summed E-state index contributed by atoms with van der Waals surface area (Å²) >= 11 is 6.14. The topological polar surface area (TPSA) is 54.5 Å². The molecule has 2 aliphatic carbocycles. The first-order valence-electron chi connectivity index (χ1n) is 9.33. The van der Waals surface area contributed by atoms with Crippen LogP contribution in [0.3, 0.4) is 0 Å². The molecule has 1 saturated heterocycles. The van der Waals surface area contributed by atoms with Gasteiger partial charge in [0.05, 0.1) is 17.5 Å². The highest BCUT2D eigenvalue weighted by atomic mass is 35.5. The van der Waals surface area contributed by atoms with Gasteiger partial charge in [0.15, 0.2) is 5.78 Å². The van der Waals surface area contributed by atoms with Gasteiger partial charge in [-0.15, -0.1) is 0 Å². The molecule has 1 heterocycles. The van der Waals surface area contributed by atoms with Crippen molar-refractivity contribution in [3.05, 3.63) is 64.7 Å². The summed E-state index contributed by atoms with van der Waals surface area (Å²) < 4.78 is 0. The molecule has 2 bridgehead atoms. The van der Waals surface area contributed by atoms with E-state index in [4.69, 9.17) is 11.6 Å². The van der Waals surface area contributed by atoms with E-state index in [1.807, 2.05) is 6.07 Å². The van der Waals surface area contributed by atoms with Gasteiger partial charge in [-0.05, 0) is 49.3 Å². The number of nitrogens with zero attached hydrogens (tertiary/aromatic N) is 1. The number of fused-ring (bicyclic) bond motifs is 5. The fourth-order valence-electron chi connectivity index (χ4n) is 5.28. The molecule has 0 radical (unpaired) electrons. The van der Waals surface area contributed by atoms with Crippen molar-refractivity contribution in [2.24, 2.45) is 23.7 Å². The van der Waals surface area contributed by atoms with E-state index in [0.717, 1.165) is 19.3 Å². The van der Waals surface area contributed by atoms with Crippen molar-refractivity contribution in [2.75, 3.05) is 4.90 Å². The summed E-state index contributed by atoms with van der Waals surface area (Å²) in [5.74, 6) is -0.362. The Balaban J connectivity index is 1.59. The third kappa shape index (κ3) is 2.39. The minimum Gasteiger partial charge on any atom is -0.289 e. The third-order valence-corrected chi connectivity index (χ3v) is 6.64. The first-order chi connectivity index (χ1) is 13.1. The molecular weight excluding hydrogens is 362 g/mol. The van der Waals surface area contributed by atoms with Crippen LogP contribution < -0.4 is 4.90 Å². The maximum absolute atomic E-state index is 13.1.